The van der Waals surface area contributed by atoms with Crippen LogP contribution >= 0.6 is 8.58 Å². The zero-order chi connectivity index (χ0) is 19.7. The minimum absolute atomic E-state index is 0.0294. The molecule has 1 fully saturated rings. The molecule has 0 aromatic carbocycles. The molecule has 2 atom stereocenters. The summed E-state index contributed by atoms with van der Waals surface area (Å²) in [5.74, 6) is 0.748. The molecule has 3 heteroatoms. The maximum absolute atomic E-state index is 12.9. The Labute approximate surface area is 159 Å². The van der Waals surface area contributed by atoms with Crippen molar-refractivity contribution >= 4 is 14.6 Å². The first-order valence-corrected chi connectivity index (χ1v) is 11.5. The van der Waals surface area contributed by atoms with E-state index in [1.54, 1.807) is 0 Å². The van der Waals surface area contributed by atoms with Crippen LogP contribution in [0.3, 0.4) is 0 Å². The van der Waals surface area contributed by atoms with Crippen molar-refractivity contribution in [3.8, 4) is 0 Å². The van der Waals surface area contributed by atoms with Gasteiger partial charge >= 0.3 is 5.97 Å². The summed E-state index contributed by atoms with van der Waals surface area (Å²) in [6.45, 7) is 22.7. The zero-order valence-electron chi connectivity index (χ0n) is 18.5. The fourth-order valence-electron chi connectivity index (χ4n) is 4.12. The van der Waals surface area contributed by atoms with E-state index in [1.165, 1.54) is 12.8 Å². The number of ether oxygens (including phenoxy) is 1. The summed E-state index contributed by atoms with van der Waals surface area (Å²) in [6, 6.07) is 0. The number of hydrogen-bond acceptors (Lipinski definition) is 2. The van der Waals surface area contributed by atoms with Gasteiger partial charge in [-0.1, -0.05) is 55.4 Å². The standard InChI is InChI=1S/C22H43O2P/c1-19(2,3)15-22(9,25-10)18(23)24-17-13-11-16(12-14-17)21(7,8)20(4,5)6/h16-17,25H,11-15H2,1-10H3. The van der Waals surface area contributed by atoms with Gasteiger partial charge in [0.1, 0.15) is 6.10 Å². The first kappa shape index (κ1) is 22.9. The number of esters is 1. The van der Waals surface area contributed by atoms with E-state index in [2.05, 4.69) is 69.0 Å². The zero-order valence-corrected chi connectivity index (χ0v) is 19.5. The van der Waals surface area contributed by atoms with Crippen molar-refractivity contribution in [3.63, 3.8) is 0 Å². The van der Waals surface area contributed by atoms with E-state index in [0.717, 1.165) is 25.2 Å². The number of carbonyl (C=O) groups is 1. The van der Waals surface area contributed by atoms with Gasteiger partial charge in [-0.15, -0.1) is 8.58 Å². The minimum Gasteiger partial charge on any atom is -0.462 e. The lowest BCUT2D eigenvalue weighted by Gasteiger charge is -2.47. The molecule has 0 spiro atoms. The Hall–Kier alpha value is -0.100. The highest BCUT2D eigenvalue weighted by molar-refractivity contribution is 7.40. The lowest BCUT2D eigenvalue weighted by molar-refractivity contribution is -0.155. The van der Waals surface area contributed by atoms with Crippen molar-refractivity contribution in [2.75, 3.05) is 6.66 Å². The van der Waals surface area contributed by atoms with Crippen LogP contribution in [0.4, 0.5) is 0 Å². The molecule has 2 unspecified atom stereocenters. The lowest BCUT2D eigenvalue weighted by atomic mass is 9.58. The molecule has 0 aliphatic heterocycles. The summed E-state index contributed by atoms with van der Waals surface area (Å²) in [7, 11) is 0.581. The Morgan fingerprint density at radius 2 is 1.40 bits per heavy atom. The first-order chi connectivity index (χ1) is 11.1. The topological polar surface area (TPSA) is 26.3 Å². The second-order valence-electron chi connectivity index (χ2n) is 11.2. The lowest BCUT2D eigenvalue weighted by Crippen LogP contribution is -2.42. The van der Waals surface area contributed by atoms with Crippen LogP contribution in [-0.2, 0) is 9.53 Å². The number of rotatable bonds is 5. The quantitative estimate of drug-likeness (QED) is 0.399. The summed E-state index contributed by atoms with van der Waals surface area (Å²) in [6.07, 6.45) is 5.40. The van der Waals surface area contributed by atoms with Crippen molar-refractivity contribution in [1.82, 2.24) is 0 Å². The van der Waals surface area contributed by atoms with Crippen molar-refractivity contribution in [3.05, 3.63) is 0 Å². The van der Waals surface area contributed by atoms with E-state index < -0.39 is 0 Å². The highest BCUT2D eigenvalue weighted by Crippen LogP contribution is 2.50. The normalized spacial score (nSPS) is 25.8. The molecular weight excluding hydrogens is 327 g/mol. The minimum atomic E-state index is -0.334. The van der Waals surface area contributed by atoms with Crippen LogP contribution in [0.5, 0.6) is 0 Å². The predicted molar refractivity (Wildman–Crippen MR) is 112 cm³/mol. The van der Waals surface area contributed by atoms with Gasteiger partial charge in [0.05, 0.1) is 5.16 Å². The molecule has 148 valence electrons. The Balaban J connectivity index is 2.66. The van der Waals surface area contributed by atoms with Gasteiger partial charge < -0.3 is 4.74 Å². The predicted octanol–water partition coefficient (Wildman–Crippen LogP) is 6.66. The fourth-order valence-corrected chi connectivity index (χ4v) is 5.09. The van der Waals surface area contributed by atoms with Crippen LogP contribution in [0.1, 0.15) is 94.4 Å². The SMILES string of the molecule is CPC(C)(CC(C)(C)C)C(=O)OC1CCC(C(C)(C)C(C)(C)C)CC1. The van der Waals surface area contributed by atoms with E-state index in [-0.39, 0.29) is 22.6 Å². The molecule has 0 amide bonds. The second kappa shape index (κ2) is 7.87. The molecule has 0 heterocycles. The third kappa shape index (κ3) is 5.95. The van der Waals surface area contributed by atoms with Crippen LogP contribution in [0.25, 0.3) is 0 Å². The van der Waals surface area contributed by atoms with Gasteiger partial charge in [0.15, 0.2) is 0 Å². The third-order valence-corrected chi connectivity index (χ3v) is 8.27. The summed E-state index contributed by atoms with van der Waals surface area (Å²) < 4.78 is 6.01. The Bertz CT molecular complexity index is 448. The molecular formula is C22H43O2P. The molecule has 0 bridgehead atoms. The fraction of sp³-hybridized carbons (Fsp3) is 0.955. The van der Waals surface area contributed by atoms with E-state index in [1.807, 2.05) is 0 Å². The first-order valence-electron chi connectivity index (χ1n) is 10.0. The molecule has 1 aliphatic rings. The van der Waals surface area contributed by atoms with E-state index in [9.17, 15) is 4.79 Å². The van der Waals surface area contributed by atoms with Gasteiger partial charge in [-0.2, -0.15) is 0 Å². The van der Waals surface area contributed by atoms with Gasteiger partial charge in [0.25, 0.3) is 0 Å². The van der Waals surface area contributed by atoms with Gasteiger partial charge in [-0.25, -0.2) is 0 Å². The van der Waals surface area contributed by atoms with Gasteiger partial charge in [-0.3, -0.25) is 4.79 Å². The molecule has 1 rings (SSSR count). The van der Waals surface area contributed by atoms with Crippen LogP contribution < -0.4 is 0 Å². The molecule has 0 aromatic rings. The number of carbonyl (C=O) groups excluding carboxylic acids is 1. The van der Waals surface area contributed by atoms with Crippen LogP contribution in [0, 0.1) is 22.2 Å². The molecule has 2 nitrogen and oxygen atoms in total. The van der Waals surface area contributed by atoms with Gasteiger partial charge in [0.2, 0.25) is 0 Å². The summed E-state index contributed by atoms with van der Waals surface area (Å²) in [4.78, 5) is 12.9. The molecule has 1 saturated carbocycles. The maximum Gasteiger partial charge on any atom is 0.316 e. The average Bonchev–Trinajstić information content (AvgIpc) is 2.44. The molecule has 25 heavy (non-hydrogen) atoms. The Morgan fingerprint density at radius 3 is 1.76 bits per heavy atom. The van der Waals surface area contributed by atoms with Crippen molar-refractivity contribution in [1.29, 1.82) is 0 Å². The third-order valence-electron chi connectivity index (χ3n) is 6.79. The molecule has 0 N–H and O–H groups in total. The van der Waals surface area contributed by atoms with E-state index >= 15 is 0 Å². The summed E-state index contributed by atoms with van der Waals surface area (Å²) in [5.41, 5.74) is 0.758. The summed E-state index contributed by atoms with van der Waals surface area (Å²) >= 11 is 0. The average molecular weight is 371 g/mol. The van der Waals surface area contributed by atoms with Gasteiger partial charge in [-0.05, 0) is 67.9 Å². The van der Waals surface area contributed by atoms with Crippen molar-refractivity contribution in [2.24, 2.45) is 22.2 Å². The second-order valence-corrected chi connectivity index (χ2v) is 12.8. The van der Waals surface area contributed by atoms with Crippen LogP contribution in [-0.4, -0.2) is 23.9 Å². The van der Waals surface area contributed by atoms with Crippen LogP contribution in [0.2, 0.25) is 0 Å². The van der Waals surface area contributed by atoms with Gasteiger partial charge in [0, 0.05) is 0 Å². The highest BCUT2D eigenvalue weighted by atomic mass is 31.1. The molecule has 1 aliphatic carbocycles. The smallest absolute Gasteiger partial charge is 0.316 e. The van der Waals surface area contributed by atoms with Crippen molar-refractivity contribution < 1.29 is 9.53 Å². The molecule has 0 aromatic heterocycles. The van der Waals surface area contributed by atoms with E-state index in [4.69, 9.17) is 4.74 Å². The largest absolute Gasteiger partial charge is 0.462 e. The van der Waals surface area contributed by atoms with Crippen LogP contribution in [0.15, 0.2) is 0 Å². The maximum atomic E-state index is 12.9. The Morgan fingerprint density at radius 1 is 0.920 bits per heavy atom. The number of hydrogen-bond donors (Lipinski definition) is 0. The monoisotopic (exact) mass is 370 g/mol. The molecule has 0 radical (unpaired) electrons. The summed E-state index contributed by atoms with van der Waals surface area (Å²) in [5, 5.41) is -0.334. The molecule has 0 saturated heterocycles. The van der Waals surface area contributed by atoms with Crippen molar-refractivity contribution in [2.45, 2.75) is 106 Å². The Kier molecular flexibility index (Phi) is 7.22. The van der Waals surface area contributed by atoms with E-state index in [0.29, 0.717) is 19.4 Å². The highest BCUT2D eigenvalue weighted by Gasteiger charge is 2.43.